The third-order valence-electron chi connectivity index (χ3n) is 9.70. The molecule has 2 nitrogen and oxygen atoms in total. The van der Waals surface area contributed by atoms with Crippen LogP contribution in [-0.2, 0) is 0 Å². The van der Waals surface area contributed by atoms with Crippen LogP contribution in [0.5, 0.6) is 0 Å². The number of alkyl halides is 2. The van der Waals surface area contributed by atoms with Gasteiger partial charge in [0.05, 0.1) is 0 Å². The number of fused-ring (bicyclic) bond motifs is 1. The number of halogens is 2. The van der Waals surface area contributed by atoms with E-state index in [0.29, 0.717) is 10.2 Å². The largest absolute Gasteiger partial charge is 0.312 e. The van der Waals surface area contributed by atoms with Gasteiger partial charge in [-0.25, -0.2) is 0 Å². The monoisotopic (exact) mass is 717 g/mol. The number of likely N-dealkylation sites (tertiary alicyclic amines) is 1. The predicted molar refractivity (Wildman–Crippen MR) is 212 cm³/mol. The molecule has 4 heteroatoms. The summed E-state index contributed by atoms with van der Waals surface area (Å²) in [6, 6.07) is 0.729. The van der Waals surface area contributed by atoms with E-state index in [2.05, 4.69) is 101 Å². The zero-order valence-electron chi connectivity index (χ0n) is 32.8. The van der Waals surface area contributed by atoms with Crippen molar-refractivity contribution >= 4 is 27.5 Å². The highest BCUT2D eigenvalue weighted by molar-refractivity contribution is 9.09. The number of rotatable bonds is 7. The predicted octanol–water partition coefficient (Wildman–Crippen LogP) is 13.3. The van der Waals surface area contributed by atoms with Gasteiger partial charge in [-0.05, 0) is 146 Å². The Labute approximate surface area is 298 Å². The summed E-state index contributed by atoms with van der Waals surface area (Å²) in [7, 11) is 2.23. The van der Waals surface area contributed by atoms with E-state index in [0.717, 1.165) is 48.1 Å². The van der Waals surface area contributed by atoms with Crippen LogP contribution in [0, 0.1) is 35.5 Å². The molecule has 0 radical (unpaired) electrons. The molecule has 0 bridgehead atoms. The van der Waals surface area contributed by atoms with E-state index in [9.17, 15) is 0 Å². The lowest BCUT2D eigenvalue weighted by atomic mass is 9.68. The van der Waals surface area contributed by atoms with Crippen LogP contribution in [0.3, 0.4) is 0 Å². The average molecular weight is 718 g/mol. The molecule has 1 N–H and O–H groups in total. The summed E-state index contributed by atoms with van der Waals surface area (Å²) in [5.74, 6) is 5.29. The fraction of sp³-hybridized carbons (Fsp3) is 0.927. The van der Waals surface area contributed by atoms with Crippen LogP contribution in [0.2, 0.25) is 0 Å². The molecule has 2 aliphatic heterocycles. The van der Waals surface area contributed by atoms with Crippen molar-refractivity contribution in [3.8, 4) is 0 Å². The highest BCUT2D eigenvalue weighted by Gasteiger charge is 2.37. The van der Waals surface area contributed by atoms with Crippen molar-refractivity contribution in [2.24, 2.45) is 35.5 Å². The lowest BCUT2D eigenvalue weighted by Gasteiger charge is -2.44. The van der Waals surface area contributed by atoms with Gasteiger partial charge in [0.1, 0.15) is 0 Å². The van der Waals surface area contributed by atoms with Crippen molar-refractivity contribution in [2.75, 3.05) is 26.7 Å². The smallest absolute Gasteiger partial charge is 0.0307 e. The number of hydrogen-bond acceptors (Lipinski definition) is 2. The standard InChI is InChI=1S/C17H31BrClN.C10H21N.C6H10.2C4H10/c1-11-4-6-15-9-16(18)10-20-17(15)13(3)14(8-11)7-5-12(2)19;1-9(2)8-10-4-6-11(3)7-5-10;1-4-5-6(2)3;2*1-3-4-2/h11-17,20H,4-10H2,1-3H3;9-10H,4-8H2,1-3H3;4H,1-3H3;2*3-4H2,1-2H3. The molecule has 45 heavy (non-hydrogen) atoms. The molecule has 0 aromatic rings. The van der Waals surface area contributed by atoms with E-state index in [1.807, 2.05) is 26.8 Å². The Morgan fingerprint density at radius 1 is 0.933 bits per heavy atom. The van der Waals surface area contributed by atoms with Gasteiger partial charge in [-0.1, -0.05) is 103 Å². The number of unbranched alkanes of at least 4 members (excludes halogenated alkanes) is 2. The first-order valence-corrected chi connectivity index (χ1v) is 20.6. The maximum atomic E-state index is 6.19. The van der Waals surface area contributed by atoms with Gasteiger partial charge in [0.25, 0.3) is 0 Å². The second-order valence-corrected chi connectivity index (χ2v) is 17.3. The average Bonchev–Trinajstić information content (AvgIpc) is 2.99. The number of piperidine rings is 2. The van der Waals surface area contributed by atoms with Crippen LogP contribution >= 0.6 is 27.5 Å². The molecule has 2 heterocycles. The molecular formula is C41H82BrClN2. The Bertz CT molecular complexity index is 696. The molecular weight excluding hydrogens is 636 g/mol. The summed E-state index contributed by atoms with van der Waals surface area (Å²) in [4.78, 5) is 3.11. The SMILES string of the molecule is CC(C)CC1CCN(C)CC1.CC(Cl)CCC1CC(C)CCC2CC(Br)CNC2C1C.CC=C=C(C)C.CCCC.CCCC. The first-order chi connectivity index (χ1) is 21.2. The Balaban J connectivity index is 0. The summed E-state index contributed by atoms with van der Waals surface area (Å²) in [5.41, 5.74) is 4.23. The summed E-state index contributed by atoms with van der Waals surface area (Å²) in [5, 5.41) is 4.16. The van der Waals surface area contributed by atoms with Crippen LogP contribution in [0.25, 0.3) is 0 Å². The van der Waals surface area contributed by atoms with Crippen molar-refractivity contribution in [1.29, 1.82) is 0 Å². The van der Waals surface area contributed by atoms with Gasteiger partial charge < -0.3 is 10.2 Å². The van der Waals surface area contributed by atoms with Crippen LogP contribution < -0.4 is 5.32 Å². The molecule has 270 valence electrons. The molecule has 0 aromatic heterocycles. The summed E-state index contributed by atoms with van der Waals surface area (Å²) in [6.45, 7) is 30.3. The summed E-state index contributed by atoms with van der Waals surface area (Å²) >= 11 is 10.0. The molecule has 0 aromatic carbocycles. The second-order valence-electron chi connectivity index (χ2n) is 15.2. The number of nitrogens with one attached hydrogen (secondary N) is 1. The van der Waals surface area contributed by atoms with Crippen molar-refractivity contribution in [1.82, 2.24) is 10.2 Å². The van der Waals surface area contributed by atoms with Gasteiger partial charge >= 0.3 is 0 Å². The molecule has 3 rings (SSSR count). The molecule has 7 atom stereocenters. The van der Waals surface area contributed by atoms with E-state index >= 15 is 0 Å². The van der Waals surface area contributed by atoms with Crippen molar-refractivity contribution in [2.45, 2.75) is 183 Å². The minimum absolute atomic E-state index is 0.324. The molecule has 3 aliphatic rings. The zero-order chi connectivity index (χ0) is 34.8. The van der Waals surface area contributed by atoms with Gasteiger partial charge in [-0.3, -0.25) is 0 Å². The van der Waals surface area contributed by atoms with Crippen molar-refractivity contribution < 1.29 is 0 Å². The van der Waals surface area contributed by atoms with Crippen LogP contribution in [0.15, 0.2) is 17.4 Å². The van der Waals surface area contributed by atoms with E-state index in [-0.39, 0.29) is 0 Å². The Morgan fingerprint density at radius 2 is 1.49 bits per heavy atom. The Hall–Kier alpha value is 0.210. The fourth-order valence-corrected chi connectivity index (χ4v) is 7.41. The minimum Gasteiger partial charge on any atom is -0.312 e. The normalized spacial score (nSPS) is 27.5. The Kier molecular flexibility index (Phi) is 31.8. The number of nitrogens with zero attached hydrogens (tertiary/aromatic N) is 1. The van der Waals surface area contributed by atoms with Crippen molar-refractivity contribution in [3.63, 3.8) is 0 Å². The molecule has 3 fully saturated rings. The maximum Gasteiger partial charge on any atom is 0.0307 e. The molecule has 0 amide bonds. The van der Waals surface area contributed by atoms with Gasteiger partial charge in [0.2, 0.25) is 0 Å². The van der Waals surface area contributed by atoms with E-state index in [4.69, 9.17) is 11.6 Å². The lowest BCUT2D eigenvalue weighted by Crippen LogP contribution is -2.51. The third kappa shape index (κ3) is 26.8. The van der Waals surface area contributed by atoms with Gasteiger partial charge in [0, 0.05) is 22.8 Å². The first kappa shape index (κ1) is 47.3. The molecule has 7 unspecified atom stereocenters. The minimum atomic E-state index is 0.324. The van der Waals surface area contributed by atoms with Gasteiger partial charge in [-0.2, -0.15) is 0 Å². The molecule has 1 saturated carbocycles. The van der Waals surface area contributed by atoms with Gasteiger partial charge in [0.15, 0.2) is 0 Å². The Morgan fingerprint density at radius 3 is 1.91 bits per heavy atom. The highest BCUT2D eigenvalue weighted by Crippen LogP contribution is 2.40. The first-order valence-electron chi connectivity index (χ1n) is 19.3. The highest BCUT2D eigenvalue weighted by atomic mass is 79.9. The summed E-state index contributed by atoms with van der Waals surface area (Å²) in [6.07, 6.45) is 19.5. The van der Waals surface area contributed by atoms with Crippen LogP contribution in [0.4, 0.5) is 0 Å². The van der Waals surface area contributed by atoms with Gasteiger partial charge in [-0.15, -0.1) is 17.3 Å². The molecule has 2 saturated heterocycles. The van der Waals surface area contributed by atoms with E-state index < -0.39 is 0 Å². The molecule has 0 spiro atoms. The quantitative estimate of drug-likeness (QED) is 0.208. The summed E-state index contributed by atoms with van der Waals surface area (Å²) < 4.78 is 0. The lowest BCUT2D eigenvalue weighted by molar-refractivity contribution is 0.115. The maximum absolute atomic E-state index is 6.19. The molecule has 1 aliphatic carbocycles. The second kappa shape index (κ2) is 30.3. The topological polar surface area (TPSA) is 15.3 Å². The van der Waals surface area contributed by atoms with E-state index in [1.54, 1.807) is 0 Å². The fourth-order valence-electron chi connectivity index (χ4n) is 6.62. The number of hydrogen-bond donors (Lipinski definition) is 1. The third-order valence-corrected chi connectivity index (χ3v) is 10.6. The zero-order valence-corrected chi connectivity index (χ0v) is 35.1. The van der Waals surface area contributed by atoms with Crippen molar-refractivity contribution in [3.05, 3.63) is 17.4 Å². The number of allylic oxidation sites excluding steroid dienone is 1. The van der Waals surface area contributed by atoms with E-state index in [1.165, 1.54) is 102 Å². The van der Waals surface area contributed by atoms with Crippen LogP contribution in [-0.4, -0.2) is 47.8 Å². The van der Waals surface area contributed by atoms with Crippen LogP contribution in [0.1, 0.15) is 167 Å².